The third-order valence-electron chi connectivity index (χ3n) is 5.01. The van der Waals surface area contributed by atoms with E-state index in [2.05, 4.69) is 36.4 Å². The molecule has 35 heavy (non-hydrogen) atoms. The van der Waals surface area contributed by atoms with Crippen molar-refractivity contribution in [2.75, 3.05) is 17.7 Å². The van der Waals surface area contributed by atoms with E-state index in [1.165, 1.54) is 23.1 Å². The molecule has 2 aromatic heterocycles. The molecule has 0 fully saturated rings. The Labute approximate surface area is 218 Å². The number of halogens is 1. The number of rotatable bonds is 8. The molecule has 5 aromatic rings. The highest BCUT2D eigenvalue weighted by molar-refractivity contribution is 9.10. The summed E-state index contributed by atoms with van der Waals surface area (Å²) in [5.74, 6) is 1.49. The van der Waals surface area contributed by atoms with Gasteiger partial charge in [0.05, 0.1) is 22.6 Å². The monoisotopic (exact) mass is 565 g/mol. The number of benzene rings is 3. The number of ether oxygens (including phenoxy) is 1. The number of thioether (sulfide) groups is 1. The number of nitrogens with one attached hydrogen (secondary N) is 1. The molecule has 0 aliphatic heterocycles. The number of aromatic nitrogens is 4. The van der Waals surface area contributed by atoms with E-state index < -0.39 is 0 Å². The number of hydrogen-bond donors (Lipinski definition) is 1. The molecule has 0 saturated carbocycles. The molecule has 5 rings (SSSR count). The van der Waals surface area contributed by atoms with Crippen LogP contribution >= 0.6 is 39.0 Å². The zero-order valence-electron chi connectivity index (χ0n) is 18.6. The predicted octanol–water partition coefficient (Wildman–Crippen LogP) is 6.44. The molecular weight excluding hydrogens is 546 g/mol. The molecule has 0 spiro atoms. The van der Waals surface area contributed by atoms with Crippen molar-refractivity contribution in [3.05, 3.63) is 77.3 Å². The van der Waals surface area contributed by atoms with Gasteiger partial charge in [-0.25, -0.2) is 4.98 Å². The summed E-state index contributed by atoms with van der Waals surface area (Å²) in [5.41, 5.74) is 2.66. The molecule has 0 aliphatic carbocycles. The molecule has 3 aromatic carbocycles. The van der Waals surface area contributed by atoms with Crippen molar-refractivity contribution in [3.63, 3.8) is 0 Å². The van der Waals surface area contributed by atoms with E-state index in [9.17, 15) is 4.79 Å². The fourth-order valence-electron chi connectivity index (χ4n) is 3.49. The van der Waals surface area contributed by atoms with Crippen molar-refractivity contribution < 1.29 is 9.53 Å². The van der Waals surface area contributed by atoms with Crippen LogP contribution in [0, 0.1) is 0 Å². The van der Waals surface area contributed by atoms with E-state index in [-0.39, 0.29) is 11.7 Å². The van der Waals surface area contributed by atoms with Crippen molar-refractivity contribution in [3.8, 4) is 22.8 Å². The molecule has 176 valence electrons. The smallest absolute Gasteiger partial charge is 0.236 e. The molecule has 0 atom stereocenters. The molecule has 2 heterocycles. The van der Waals surface area contributed by atoms with Crippen LogP contribution in [0.15, 0.2) is 82.4 Å². The third kappa shape index (κ3) is 5.24. The minimum Gasteiger partial charge on any atom is -0.494 e. The Balaban J connectivity index is 1.35. The van der Waals surface area contributed by atoms with E-state index >= 15 is 0 Å². The standard InChI is InChI=1S/C25H20BrN5O2S2/c1-2-33-17-12-13-20-21(14-17)35-24(27-20)28-22(32)15-34-25-30-29-23(18-10-6-7-11-19(18)26)31(25)16-8-4-3-5-9-16/h3-14H,2,15H2,1H3,(H,27,28,32). The number of para-hydroxylation sites is 1. The van der Waals surface area contributed by atoms with Gasteiger partial charge in [-0.3, -0.25) is 9.36 Å². The number of amides is 1. The maximum absolute atomic E-state index is 12.8. The summed E-state index contributed by atoms with van der Waals surface area (Å²) in [7, 11) is 0. The van der Waals surface area contributed by atoms with Crippen LogP contribution in [-0.2, 0) is 4.79 Å². The molecule has 0 radical (unpaired) electrons. The highest BCUT2D eigenvalue weighted by Gasteiger charge is 2.19. The molecule has 7 nitrogen and oxygen atoms in total. The van der Waals surface area contributed by atoms with Crippen molar-refractivity contribution in [1.82, 2.24) is 19.7 Å². The molecule has 0 aliphatic rings. The van der Waals surface area contributed by atoms with Crippen LogP contribution in [0.2, 0.25) is 0 Å². The average Bonchev–Trinajstić information content (AvgIpc) is 3.47. The first-order valence-electron chi connectivity index (χ1n) is 10.8. The predicted molar refractivity (Wildman–Crippen MR) is 145 cm³/mol. The normalized spacial score (nSPS) is 11.0. The van der Waals surface area contributed by atoms with Crippen LogP contribution in [0.4, 0.5) is 5.13 Å². The lowest BCUT2D eigenvalue weighted by atomic mass is 10.2. The zero-order valence-corrected chi connectivity index (χ0v) is 21.9. The SMILES string of the molecule is CCOc1ccc2nc(NC(=O)CSc3nnc(-c4ccccc4Br)n3-c3ccccc3)sc2c1. The second-order valence-corrected chi connectivity index (χ2v) is 10.2. The van der Waals surface area contributed by atoms with E-state index in [0.717, 1.165) is 31.7 Å². The number of thiazole rings is 1. The van der Waals surface area contributed by atoms with Crippen LogP contribution < -0.4 is 10.1 Å². The maximum atomic E-state index is 12.8. The summed E-state index contributed by atoms with van der Waals surface area (Å²) in [4.78, 5) is 17.3. The van der Waals surface area contributed by atoms with Crippen molar-refractivity contribution in [2.45, 2.75) is 12.1 Å². The summed E-state index contributed by atoms with van der Waals surface area (Å²) in [5, 5.41) is 12.9. The van der Waals surface area contributed by atoms with E-state index in [4.69, 9.17) is 4.74 Å². The summed E-state index contributed by atoms with van der Waals surface area (Å²) in [6.45, 7) is 2.54. The Morgan fingerprint density at radius 3 is 2.69 bits per heavy atom. The number of carbonyl (C=O) groups excluding carboxylic acids is 1. The quantitative estimate of drug-likeness (QED) is 0.218. The summed E-state index contributed by atoms with van der Waals surface area (Å²) >= 11 is 6.36. The van der Waals surface area contributed by atoms with Gasteiger partial charge in [0.25, 0.3) is 0 Å². The average molecular weight is 567 g/mol. The first-order chi connectivity index (χ1) is 17.1. The lowest BCUT2D eigenvalue weighted by Gasteiger charge is -2.11. The van der Waals surface area contributed by atoms with Gasteiger partial charge in [0.15, 0.2) is 16.1 Å². The lowest BCUT2D eigenvalue weighted by Crippen LogP contribution is -2.14. The number of nitrogens with zero attached hydrogens (tertiary/aromatic N) is 4. The highest BCUT2D eigenvalue weighted by Crippen LogP contribution is 2.33. The fourth-order valence-corrected chi connectivity index (χ4v) is 5.62. The first kappa shape index (κ1) is 23.5. The summed E-state index contributed by atoms with van der Waals surface area (Å²) in [6.07, 6.45) is 0. The molecule has 0 unspecified atom stereocenters. The van der Waals surface area contributed by atoms with Crippen LogP contribution in [0.25, 0.3) is 27.3 Å². The van der Waals surface area contributed by atoms with Crippen LogP contribution in [0.5, 0.6) is 5.75 Å². The number of carbonyl (C=O) groups is 1. The Morgan fingerprint density at radius 2 is 1.89 bits per heavy atom. The minimum atomic E-state index is -0.163. The molecule has 0 bridgehead atoms. The van der Waals surface area contributed by atoms with Crippen molar-refractivity contribution >= 4 is 60.3 Å². The van der Waals surface area contributed by atoms with Gasteiger partial charge in [-0.15, -0.1) is 10.2 Å². The maximum Gasteiger partial charge on any atom is 0.236 e. The van der Waals surface area contributed by atoms with Gasteiger partial charge in [0.2, 0.25) is 5.91 Å². The molecule has 1 amide bonds. The molecule has 0 saturated heterocycles. The van der Waals surface area contributed by atoms with E-state index in [1.54, 1.807) is 0 Å². The second-order valence-electron chi connectivity index (χ2n) is 7.38. The van der Waals surface area contributed by atoms with Crippen LogP contribution in [0.3, 0.4) is 0 Å². The Kier molecular flexibility index (Phi) is 7.12. The largest absolute Gasteiger partial charge is 0.494 e. The Hall–Kier alpha value is -3.21. The van der Waals surface area contributed by atoms with Gasteiger partial charge in [-0.05, 0) is 43.3 Å². The van der Waals surface area contributed by atoms with E-state index in [1.807, 2.05) is 84.3 Å². The first-order valence-corrected chi connectivity index (χ1v) is 13.4. The van der Waals surface area contributed by atoms with Gasteiger partial charge in [-0.1, -0.05) is 75.4 Å². The van der Waals surface area contributed by atoms with Crippen molar-refractivity contribution in [1.29, 1.82) is 0 Å². The Morgan fingerprint density at radius 1 is 1.09 bits per heavy atom. The van der Waals surface area contributed by atoms with Gasteiger partial charge >= 0.3 is 0 Å². The van der Waals surface area contributed by atoms with Crippen LogP contribution in [-0.4, -0.2) is 38.0 Å². The lowest BCUT2D eigenvalue weighted by molar-refractivity contribution is -0.113. The zero-order chi connectivity index (χ0) is 24.2. The number of hydrogen-bond acceptors (Lipinski definition) is 7. The third-order valence-corrected chi connectivity index (χ3v) is 7.57. The van der Waals surface area contributed by atoms with Crippen molar-refractivity contribution in [2.24, 2.45) is 0 Å². The number of fused-ring (bicyclic) bond motifs is 1. The van der Waals surface area contributed by atoms with Gasteiger partial charge in [0.1, 0.15) is 5.75 Å². The number of anilines is 1. The van der Waals surface area contributed by atoms with E-state index in [0.29, 0.717) is 22.7 Å². The van der Waals surface area contributed by atoms with Gasteiger partial charge < -0.3 is 10.1 Å². The molecule has 1 N–H and O–H groups in total. The molecular formula is C25H20BrN5O2S2. The highest BCUT2D eigenvalue weighted by atomic mass is 79.9. The minimum absolute atomic E-state index is 0.163. The fraction of sp³-hybridized carbons (Fsp3) is 0.120. The van der Waals surface area contributed by atoms with Gasteiger partial charge in [-0.2, -0.15) is 0 Å². The van der Waals surface area contributed by atoms with Gasteiger partial charge in [0, 0.05) is 15.7 Å². The summed E-state index contributed by atoms with van der Waals surface area (Å²) < 4.78 is 9.39. The second kappa shape index (κ2) is 10.6. The summed E-state index contributed by atoms with van der Waals surface area (Å²) in [6, 6.07) is 23.4. The molecule has 10 heteroatoms. The van der Waals surface area contributed by atoms with Crippen LogP contribution in [0.1, 0.15) is 6.92 Å². The topological polar surface area (TPSA) is 81.9 Å². The Bertz CT molecular complexity index is 1490.